The number of anilines is 1. The molecule has 6 nitrogen and oxygen atoms in total. The highest BCUT2D eigenvalue weighted by Crippen LogP contribution is 2.21. The molecule has 0 saturated carbocycles. The molecular formula is C20H19ClN4O2. The first-order chi connectivity index (χ1) is 13.1. The van der Waals surface area contributed by atoms with Gasteiger partial charge >= 0.3 is 0 Å². The number of carbonyl (C=O) groups is 1. The Morgan fingerprint density at radius 1 is 1.15 bits per heavy atom. The number of aryl methyl sites for hydroxylation is 1. The van der Waals surface area contributed by atoms with Crippen LogP contribution in [0.1, 0.15) is 11.5 Å². The molecule has 3 aromatic rings. The van der Waals surface area contributed by atoms with Gasteiger partial charge in [-0.1, -0.05) is 46.6 Å². The molecule has 7 heteroatoms. The van der Waals surface area contributed by atoms with Gasteiger partial charge in [0.05, 0.1) is 13.1 Å². The molecule has 0 aliphatic carbocycles. The lowest BCUT2D eigenvalue weighted by Crippen LogP contribution is -2.50. The lowest BCUT2D eigenvalue weighted by atomic mass is 10.2. The molecule has 2 heterocycles. The number of hydrogen-bond donors (Lipinski definition) is 0. The minimum absolute atomic E-state index is 0.0692. The Kier molecular flexibility index (Phi) is 4.92. The van der Waals surface area contributed by atoms with Gasteiger partial charge in [-0.25, -0.2) is 0 Å². The zero-order valence-electron chi connectivity index (χ0n) is 14.9. The maximum absolute atomic E-state index is 12.5. The van der Waals surface area contributed by atoms with Crippen molar-refractivity contribution in [2.75, 3.05) is 24.5 Å². The Hall–Kier alpha value is -2.70. The fourth-order valence-electron chi connectivity index (χ4n) is 3.11. The van der Waals surface area contributed by atoms with Crippen molar-refractivity contribution < 1.29 is 9.32 Å². The van der Waals surface area contributed by atoms with Crippen LogP contribution in [0.2, 0.25) is 5.02 Å². The summed E-state index contributed by atoms with van der Waals surface area (Å²) in [5.74, 6) is 1.05. The Labute approximate surface area is 162 Å². The second-order valence-electron chi connectivity index (χ2n) is 6.61. The number of aromatic nitrogens is 2. The van der Waals surface area contributed by atoms with E-state index < -0.39 is 0 Å². The minimum atomic E-state index is 0.0692. The maximum Gasteiger partial charge on any atom is 0.241 e. The van der Waals surface area contributed by atoms with Crippen LogP contribution in [0, 0.1) is 6.92 Å². The van der Waals surface area contributed by atoms with Crippen molar-refractivity contribution >= 4 is 23.2 Å². The number of rotatable bonds is 4. The van der Waals surface area contributed by atoms with Gasteiger partial charge in [-0.05, 0) is 31.2 Å². The number of halogens is 1. The third-order valence-electron chi connectivity index (χ3n) is 4.56. The van der Waals surface area contributed by atoms with Gasteiger partial charge in [0, 0.05) is 29.4 Å². The molecule has 1 saturated heterocycles. The number of nitrogens with zero attached hydrogens (tertiary/aromatic N) is 4. The largest absolute Gasteiger partial charge is 0.338 e. The van der Waals surface area contributed by atoms with E-state index in [4.69, 9.17) is 16.1 Å². The number of amides is 1. The van der Waals surface area contributed by atoms with E-state index in [9.17, 15) is 4.79 Å². The zero-order valence-corrected chi connectivity index (χ0v) is 15.7. The third-order valence-corrected chi connectivity index (χ3v) is 4.79. The number of benzene rings is 2. The lowest BCUT2D eigenvalue weighted by molar-refractivity contribution is -0.121. The number of carbonyl (C=O) groups excluding carboxylic acids is 1. The molecule has 1 aliphatic heterocycles. The normalized spacial score (nSPS) is 15.3. The van der Waals surface area contributed by atoms with Gasteiger partial charge in [-0.15, -0.1) is 0 Å². The quantitative estimate of drug-likeness (QED) is 0.690. The van der Waals surface area contributed by atoms with Gasteiger partial charge in [-0.3, -0.25) is 9.69 Å². The highest BCUT2D eigenvalue weighted by molar-refractivity contribution is 6.30. The Morgan fingerprint density at radius 2 is 1.96 bits per heavy atom. The fraction of sp³-hybridized carbons (Fsp3) is 0.250. The monoisotopic (exact) mass is 382 g/mol. The first kappa shape index (κ1) is 17.7. The van der Waals surface area contributed by atoms with Crippen molar-refractivity contribution in [3.63, 3.8) is 0 Å². The van der Waals surface area contributed by atoms with E-state index in [2.05, 4.69) is 10.1 Å². The summed E-state index contributed by atoms with van der Waals surface area (Å²) in [7, 11) is 0. The van der Waals surface area contributed by atoms with Crippen LogP contribution in [-0.2, 0) is 11.3 Å². The highest BCUT2D eigenvalue weighted by Gasteiger charge is 2.26. The Bertz CT molecular complexity index is 955. The fourth-order valence-corrected chi connectivity index (χ4v) is 3.30. The second kappa shape index (κ2) is 7.50. The first-order valence-corrected chi connectivity index (χ1v) is 9.14. The SMILES string of the molecule is Cc1ccc(N2CCN(Cc3nc(-c4cccc(Cl)c4)no3)CC2=O)cc1. The molecule has 0 atom stereocenters. The van der Waals surface area contributed by atoms with Crippen molar-refractivity contribution in [3.05, 3.63) is 65.0 Å². The number of piperazine rings is 1. The summed E-state index contributed by atoms with van der Waals surface area (Å²) in [6.45, 7) is 4.18. The van der Waals surface area contributed by atoms with Gasteiger partial charge in [0.2, 0.25) is 17.6 Å². The molecule has 0 spiro atoms. The molecule has 0 unspecified atom stereocenters. The molecule has 2 aromatic carbocycles. The Morgan fingerprint density at radius 3 is 2.70 bits per heavy atom. The maximum atomic E-state index is 12.5. The summed E-state index contributed by atoms with van der Waals surface area (Å²) in [5, 5.41) is 4.64. The van der Waals surface area contributed by atoms with E-state index in [0.29, 0.717) is 36.4 Å². The van der Waals surface area contributed by atoms with Crippen LogP contribution in [0.5, 0.6) is 0 Å². The molecule has 4 rings (SSSR count). The van der Waals surface area contributed by atoms with Crippen LogP contribution in [-0.4, -0.2) is 40.6 Å². The molecule has 0 N–H and O–H groups in total. The van der Waals surface area contributed by atoms with Crippen LogP contribution in [0.15, 0.2) is 53.1 Å². The average Bonchev–Trinajstić information content (AvgIpc) is 3.11. The van der Waals surface area contributed by atoms with Crippen molar-refractivity contribution in [2.24, 2.45) is 0 Å². The average molecular weight is 383 g/mol. The molecule has 1 aromatic heterocycles. The van der Waals surface area contributed by atoms with E-state index in [1.54, 1.807) is 12.1 Å². The lowest BCUT2D eigenvalue weighted by Gasteiger charge is -2.33. The van der Waals surface area contributed by atoms with Crippen LogP contribution in [0.3, 0.4) is 0 Å². The predicted molar refractivity (Wildman–Crippen MR) is 104 cm³/mol. The summed E-state index contributed by atoms with van der Waals surface area (Å²) in [5.41, 5.74) is 2.92. The summed E-state index contributed by atoms with van der Waals surface area (Å²) >= 11 is 6.01. The van der Waals surface area contributed by atoms with E-state index in [1.807, 2.05) is 53.1 Å². The van der Waals surface area contributed by atoms with Crippen LogP contribution in [0.25, 0.3) is 11.4 Å². The predicted octanol–water partition coefficient (Wildman–Crippen LogP) is 3.55. The molecule has 0 radical (unpaired) electrons. The molecule has 27 heavy (non-hydrogen) atoms. The van der Waals surface area contributed by atoms with Crippen molar-refractivity contribution in [2.45, 2.75) is 13.5 Å². The van der Waals surface area contributed by atoms with E-state index in [-0.39, 0.29) is 5.91 Å². The van der Waals surface area contributed by atoms with Gasteiger partial charge in [0.15, 0.2) is 0 Å². The van der Waals surface area contributed by atoms with E-state index in [0.717, 1.165) is 17.8 Å². The summed E-state index contributed by atoms with van der Waals surface area (Å²) in [4.78, 5) is 20.8. The van der Waals surface area contributed by atoms with Gasteiger partial charge in [0.25, 0.3) is 0 Å². The number of hydrogen-bond acceptors (Lipinski definition) is 5. The van der Waals surface area contributed by atoms with Gasteiger partial charge in [-0.2, -0.15) is 4.98 Å². The third kappa shape index (κ3) is 4.02. The zero-order chi connectivity index (χ0) is 18.8. The van der Waals surface area contributed by atoms with E-state index in [1.165, 1.54) is 5.56 Å². The van der Waals surface area contributed by atoms with E-state index >= 15 is 0 Å². The molecule has 0 bridgehead atoms. The van der Waals surface area contributed by atoms with Crippen LogP contribution >= 0.6 is 11.6 Å². The highest BCUT2D eigenvalue weighted by atomic mass is 35.5. The molecule has 1 fully saturated rings. The van der Waals surface area contributed by atoms with Crippen LogP contribution in [0.4, 0.5) is 5.69 Å². The summed E-state index contributed by atoms with van der Waals surface area (Å²) in [6, 6.07) is 15.3. The first-order valence-electron chi connectivity index (χ1n) is 8.76. The van der Waals surface area contributed by atoms with Crippen LogP contribution < -0.4 is 4.90 Å². The molecule has 138 valence electrons. The second-order valence-corrected chi connectivity index (χ2v) is 7.05. The van der Waals surface area contributed by atoms with Crippen molar-refractivity contribution in [1.29, 1.82) is 0 Å². The van der Waals surface area contributed by atoms with Crippen molar-refractivity contribution in [3.8, 4) is 11.4 Å². The minimum Gasteiger partial charge on any atom is -0.338 e. The van der Waals surface area contributed by atoms with Crippen molar-refractivity contribution in [1.82, 2.24) is 15.0 Å². The standard InChI is InChI=1S/C20H19ClN4O2/c1-14-5-7-17(8-6-14)25-10-9-24(13-19(25)26)12-18-22-20(23-27-18)15-3-2-4-16(21)11-15/h2-8,11H,9-10,12-13H2,1H3. The summed E-state index contributed by atoms with van der Waals surface area (Å²) in [6.07, 6.45) is 0. The molecule has 1 aliphatic rings. The molecular weight excluding hydrogens is 364 g/mol. The van der Waals surface area contributed by atoms with Gasteiger partial charge in [0.1, 0.15) is 0 Å². The summed E-state index contributed by atoms with van der Waals surface area (Å²) < 4.78 is 5.35. The topological polar surface area (TPSA) is 62.5 Å². The van der Waals surface area contributed by atoms with Gasteiger partial charge < -0.3 is 9.42 Å². The Balaban J connectivity index is 1.40. The smallest absolute Gasteiger partial charge is 0.241 e. The molecule has 1 amide bonds.